The smallest absolute Gasteiger partial charge is 0.325 e. The lowest BCUT2D eigenvalue weighted by Crippen LogP contribution is -2.15. The van der Waals surface area contributed by atoms with Crippen molar-refractivity contribution in [1.82, 2.24) is 0 Å². The van der Waals surface area contributed by atoms with Gasteiger partial charge < -0.3 is 4.84 Å². The predicted octanol–water partition coefficient (Wildman–Crippen LogP) is 2.88. The molecule has 18 heavy (non-hydrogen) atoms. The summed E-state index contributed by atoms with van der Waals surface area (Å²) in [5.41, 5.74) is 2.37. The van der Waals surface area contributed by atoms with Crippen LogP contribution in [0.15, 0.2) is 47.2 Å². The first-order valence-electron chi connectivity index (χ1n) is 5.75. The molecule has 2 aromatic rings. The van der Waals surface area contributed by atoms with Crippen molar-refractivity contribution in [2.45, 2.75) is 18.8 Å². The first kappa shape index (κ1) is 12.8. The Bertz CT molecular complexity index is 482. The second kappa shape index (κ2) is 6.33. The van der Waals surface area contributed by atoms with Gasteiger partial charge in [0.1, 0.15) is 0 Å². The molecule has 1 heterocycles. The monoisotopic (exact) mass is 261 g/mol. The first-order valence-corrected chi connectivity index (χ1v) is 6.69. The minimum absolute atomic E-state index is 0.120. The number of rotatable bonds is 5. The molecular weight excluding hydrogens is 246 g/mol. The third-order valence-corrected chi connectivity index (χ3v) is 3.59. The zero-order valence-electron chi connectivity index (χ0n) is 9.91. The minimum Gasteiger partial charge on any atom is -0.373 e. The fourth-order valence-corrected chi connectivity index (χ4v) is 2.71. The molecule has 1 aromatic carbocycles. The number of carbonyl (C=O) groups excluding carboxylic acids is 1. The van der Waals surface area contributed by atoms with Crippen molar-refractivity contribution < 1.29 is 9.63 Å². The Hall–Kier alpha value is -1.65. The Morgan fingerprint density at radius 3 is 2.67 bits per heavy atom. The summed E-state index contributed by atoms with van der Waals surface area (Å²) >= 11 is 1.63. The van der Waals surface area contributed by atoms with Crippen LogP contribution < -0.4 is 5.90 Å². The molecule has 0 spiro atoms. The molecule has 2 N–H and O–H groups in total. The summed E-state index contributed by atoms with van der Waals surface area (Å²) in [5, 5.41) is 4.08. The lowest BCUT2D eigenvalue weighted by molar-refractivity contribution is -0.144. The van der Waals surface area contributed by atoms with Crippen LogP contribution in [0.4, 0.5) is 0 Å². The zero-order chi connectivity index (χ0) is 12.8. The van der Waals surface area contributed by atoms with E-state index >= 15 is 0 Å². The van der Waals surface area contributed by atoms with Crippen molar-refractivity contribution in [2.75, 3.05) is 0 Å². The summed E-state index contributed by atoms with van der Waals surface area (Å²) in [6.45, 7) is 0. The zero-order valence-corrected chi connectivity index (χ0v) is 10.7. The summed E-state index contributed by atoms with van der Waals surface area (Å²) in [6, 6.07) is 12.2. The molecule has 0 radical (unpaired) electrons. The Labute approximate surface area is 110 Å². The van der Waals surface area contributed by atoms with Crippen LogP contribution >= 0.6 is 11.3 Å². The maximum atomic E-state index is 11.4. The normalized spacial score (nSPS) is 12.1. The summed E-state index contributed by atoms with van der Waals surface area (Å²) in [6.07, 6.45) is 1.12. The highest BCUT2D eigenvalue weighted by Crippen LogP contribution is 2.26. The molecule has 2 rings (SSSR count). The fraction of sp³-hybridized carbons (Fsp3) is 0.214. The third kappa shape index (κ3) is 3.42. The Morgan fingerprint density at radius 1 is 1.28 bits per heavy atom. The molecule has 0 amide bonds. The van der Waals surface area contributed by atoms with E-state index in [9.17, 15) is 4.79 Å². The standard InChI is InChI=1S/C14H15NO2S/c15-17-14(16)9-13(12-6-7-18-10-12)8-11-4-2-1-3-5-11/h1-7,10,13H,8-9,15H2. The number of hydrogen-bond donors (Lipinski definition) is 1. The van der Waals surface area contributed by atoms with Gasteiger partial charge in [-0.1, -0.05) is 30.3 Å². The van der Waals surface area contributed by atoms with Crippen LogP contribution in [0.25, 0.3) is 0 Å². The van der Waals surface area contributed by atoms with E-state index < -0.39 is 0 Å². The topological polar surface area (TPSA) is 52.3 Å². The number of hydrogen-bond acceptors (Lipinski definition) is 4. The highest BCUT2D eigenvalue weighted by atomic mass is 32.1. The van der Waals surface area contributed by atoms with Crippen LogP contribution in [0.1, 0.15) is 23.5 Å². The Kier molecular flexibility index (Phi) is 4.50. The highest BCUT2D eigenvalue weighted by Gasteiger charge is 2.17. The van der Waals surface area contributed by atoms with Gasteiger partial charge in [0.15, 0.2) is 0 Å². The molecule has 0 aliphatic carbocycles. The third-order valence-electron chi connectivity index (χ3n) is 2.88. The largest absolute Gasteiger partial charge is 0.373 e. The molecule has 1 unspecified atom stereocenters. The van der Waals surface area contributed by atoms with Crippen molar-refractivity contribution in [2.24, 2.45) is 5.90 Å². The lowest BCUT2D eigenvalue weighted by atomic mass is 9.91. The van der Waals surface area contributed by atoms with Crippen LogP contribution in [0, 0.1) is 0 Å². The average molecular weight is 261 g/mol. The molecule has 0 aliphatic rings. The lowest BCUT2D eigenvalue weighted by Gasteiger charge is -2.14. The van der Waals surface area contributed by atoms with Gasteiger partial charge in [0.25, 0.3) is 0 Å². The first-order chi connectivity index (χ1) is 8.79. The molecule has 1 atom stereocenters. The second-order valence-electron chi connectivity index (χ2n) is 4.14. The van der Waals surface area contributed by atoms with E-state index in [0.717, 1.165) is 12.0 Å². The summed E-state index contributed by atoms with van der Waals surface area (Å²) < 4.78 is 0. The van der Waals surface area contributed by atoms with Gasteiger partial charge in [-0.25, -0.2) is 0 Å². The molecule has 3 nitrogen and oxygen atoms in total. The van der Waals surface area contributed by atoms with Gasteiger partial charge in [-0.15, -0.1) is 0 Å². The van der Waals surface area contributed by atoms with Crippen molar-refractivity contribution in [1.29, 1.82) is 0 Å². The van der Waals surface area contributed by atoms with E-state index in [0.29, 0.717) is 6.42 Å². The van der Waals surface area contributed by atoms with Gasteiger partial charge in [0.2, 0.25) is 0 Å². The van der Waals surface area contributed by atoms with Crippen LogP contribution in [0.3, 0.4) is 0 Å². The second-order valence-corrected chi connectivity index (χ2v) is 4.92. The van der Waals surface area contributed by atoms with E-state index in [-0.39, 0.29) is 11.9 Å². The molecule has 0 saturated carbocycles. The van der Waals surface area contributed by atoms with Crippen LogP contribution in [0.2, 0.25) is 0 Å². The van der Waals surface area contributed by atoms with Crippen molar-refractivity contribution in [3.8, 4) is 0 Å². The maximum absolute atomic E-state index is 11.4. The maximum Gasteiger partial charge on any atom is 0.325 e. The van der Waals surface area contributed by atoms with Crippen molar-refractivity contribution in [3.05, 3.63) is 58.3 Å². The molecule has 0 aliphatic heterocycles. The molecular formula is C14H15NO2S. The Morgan fingerprint density at radius 2 is 2.06 bits per heavy atom. The highest BCUT2D eigenvalue weighted by molar-refractivity contribution is 7.07. The Balaban J connectivity index is 2.12. The van der Waals surface area contributed by atoms with E-state index in [1.54, 1.807) is 11.3 Å². The van der Waals surface area contributed by atoms with E-state index in [4.69, 9.17) is 5.90 Å². The summed E-state index contributed by atoms with van der Waals surface area (Å²) in [5.74, 6) is 4.67. The van der Waals surface area contributed by atoms with Gasteiger partial charge in [-0.3, -0.25) is 4.79 Å². The molecule has 0 bridgehead atoms. The van der Waals surface area contributed by atoms with Crippen LogP contribution in [0.5, 0.6) is 0 Å². The molecule has 94 valence electrons. The van der Waals surface area contributed by atoms with E-state index in [2.05, 4.69) is 22.4 Å². The van der Waals surface area contributed by atoms with E-state index in [1.807, 2.05) is 29.6 Å². The quantitative estimate of drug-likeness (QED) is 0.842. The van der Waals surface area contributed by atoms with Crippen molar-refractivity contribution in [3.63, 3.8) is 0 Å². The van der Waals surface area contributed by atoms with Crippen LogP contribution in [-0.4, -0.2) is 5.97 Å². The van der Waals surface area contributed by atoms with Gasteiger partial charge in [-0.2, -0.15) is 17.2 Å². The minimum atomic E-state index is -0.373. The number of carbonyl (C=O) groups is 1. The van der Waals surface area contributed by atoms with Gasteiger partial charge in [-0.05, 0) is 40.3 Å². The fourth-order valence-electron chi connectivity index (χ4n) is 1.96. The molecule has 1 aromatic heterocycles. The molecule has 0 fully saturated rings. The van der Waals surface area contributed by atoms with E-state index in [1.165, 1.54) is 5.56 Å². The predicted molar refractivity (Wildman–Crippen MR) is 72.1 cm³/mol. The molecule has 0 saturated heterocycles. The average Bonchev–Trinajstić information content (AvgIpc) is 2.93. The number of nitrogens with two attached hydrogens (primary N) is 1. The molecule has 4 heteroatoms. The SMILES string of the molecule is NOC(=O)CC(Cc1ccccc1)c1ccsc1. The number of benzene rings is 1. The number of thiophene rings is 1. The summed E-state index contributed by atoms with van der Waals surface area (Å²) in [7, 11) is 0. The van der Waals surface area contributed by atoms with Gasteiger partial charge >= 0.3 is 5.97 Å². The summed E-state index contributed by atoms with van der Waals surface area (Å²) in [4.78, 5) is 15.6. The van der Waals surface area contributed by atoms with Gasteiger partial charge in [0, 0.05) is 0 Å². The van der Waals surface area contributed by atoms with Crippen LogP contribution in [-0.2, 0) is 16.1 Å². The van der Waals surface area contributed by atoms with Crippen molar-refractivity contribution >= 4 is 17.3 Å². The van der Waals surface area contributed by atoms with Gasteiger partial charge in [0.05, 0.1) is 6.42 Å².